The Morgan fingerprint density at radius 3 is 2.28 bits per heavy atom. The fourth-order valence-electron chi connectivity index (χ4n) is 3.06. The van der Waals surface area contributed by atoms with Crippen LogP contribution in [0.1, 0.15) is 12.5 Å². The standard InChI is InChI=1S/C21H23NO6S/c1-13(23)27-19-17(26-12-14-8-4-2-5-9-14)16(24)18(20(22)25)28-21(19)29-15-10-6-3-7-11-15/h2-11,16-19,21,24H,12H2,1H3,(H2,22,25)/t16-,17+,18?,19?,21+/m1/s1. The van der Waals surface area contributed by atoms with Crippen molar-refractivity contribution >= 4 is 23.6 Å². The average molecular weight is 417 g/mol. The number of thioether (sulfide) groups is 1. The molecule has 2 aromatic rings. The third-order valence-electron chi connectivity index (χ3n) is 4.38. The zero-order valence-electron chi connectivity index (χ0n) is 15.8. The minimum absolute atomic E-state index is 0.161. The van der Waals surface area contributed by atoms with Crippen molar-refractivity contribution in [1.82, 2.24) is 0 Å². The highest BCUT2D eigenvalue weighted by Gasteiger charge is 2.50. The van der Waals surface area contributed by atoms with Crippen molar-refractivity contribution in [2.24, 2.45) is 5.73 Å². The monoisotopic (exact) mass is 417 g/mol. The first-order valence-corrected chi connectivity index (χ1v) is 10.0. The van der Waals surface area contributed by atoms with Crippen LogP contribution in [0.25, 0.3) is 0 Å². The van der Waals surface area contributed by atoms with E-state index in [9.17, 15) is 14.7 Å². The first-order valence-electron chi connectivity index (χ1n) is 9.13. The van der Waals surface area contributed by atoms with Gasteiger partial charge >= 0.3 is 5.97 Å². The van der Waals surface area contributed by atoms with Gasteiger partial charge in [-0.25, -0.2) is 0 Å². The summed E-state index contributed by atoms with van der Waals surface area (Å²) >= 11 is 1.26. The molecule has 1 saturated heterocycles. The molecular weight excluding hydrogens is 394 g/mol. The number of primary amides is 1. The molecule has 1 amide bonds. The Balaban J connectivity index is 1.86. The van der Waals surface area contributed by atoms with Gasteiger partial charge in [-0.15, -0.1) is 0 Å². The molecule has 0 radical (unpaired) electrons. The summed E-state index contributed by atoms with van der Waals surface area (Å²) in [5.41, 5.74) is 5.51. The number of ether oxygens (including phenoxy) is 3. The van der Waals surface area contributed by atoms with E-state index in [1.165, 1.54) is 18.7 Å². The lowest BCUT2D eigenvalue weighted by Crippen LogP contribution is -2.61. The van der Waals surface area contributed by atoms with Crippen molar-refractivity contribution in [2.75, 3.05) is 0 Å². The van der Waals surface area contributed by atoms with Gasteiger partial charge in [0.1, 0.15) is 17.6 Å². The van der Waals surface area contributed by atoms with Crippen LogP contribution in [0.2, 0.25) is 0 Å². The highest BCUT2D eigenvalue weighted by molar-refractivity contribution is 7.99. The van der Waals surface area contributed by atoms with Gasteiger partial charge in [-0.1, -0.05) is 60.3 Å². The van der Waals surface area contributed by atoms with Gasteiger partial charge in [0.05, 0.1) is 6.61 Å². The number of esters is 1. The largest absolute Gasteiger partial charge is 0.456 e. The normalized spacial score (nSPS) is 26.6. The minimum atomic E-state index is -1.38. The van der Waals surface area contributed by atoms with Gasteiger partial charge in [0.25, 0.3) is 0 Å². The van der Waals surface area contributed by atoms with Crippen molar-refractivity contribution in [3.63, 3.8) is 0 Å². The highest BCUT2D eigenvalue weighted by Crippen LogP contribution is 2.36. The van der Waals surface area contributed by atoms with Crippen LogP contribution in [0.5, 0.6) is 0 Å². The predicted octanol–water partition coefficient (Wildman–Crippen LogP) is 1.87. The molecule has 1 aliphatic rings. The highest BCUT2D eigenvalue weighted by atomic mass is 32.2. The van der Waals surface area contributed by atoms with Crippen molar-refractivity contribution < 1.29 is 28.9 Å². The maximum Gasteiger partial charge on any atom is 0.303 e. The Bertz CT molecular complexity index is 818. The van der Waals surface area contributed by atoms with Gasteiger partial charge in [-0.2, -0.15) is 0 Å². The fourth-order valence-corrected chi connectivity index (χ4v) is 4.16. The Hall–Kier alpha value is -2.39. The number of hydrogen-bond donors (Lipinski definition) is 2. The number of aliphatic hydroxyl groups excluding tert-OH is 1. The van der Waals surface area contributed by atoms with E-state index in [0.717, 1.165) is 10.5 Å². The van der Waals surface area contributed by atoms with E-state index in [2.05, 4.69) is 0 Å². The number of aliphatic hydroxyl groups is 1. The van der Waals surface area contributed by atoms with Gasteiger partial charge in [-0.05, 0) is 17.7 Å². The summed E-state index contributed by atoms with van der Waals surface area (Å²) in [6.07, 6.45) is -4.60. The molecule has 3 rings (SSSR count). The molecule has 5 atom stereocenters. The van der Waals surface area contributed by atoms with Crippen molar-refractivity contribution in [3.8, 4) is 0 Å². The second-order valence-corrected chi connectivity index (χ2v) is 7.76. The van der Waals surface area contributed by atoms with Gasteiger partial charge in [0.2, 0.25) is 5.91 Å². The number of carbonyl (C=O) groups is 2. The molecule has 1 fully saturated rings. The summed E-state index contributed by atoms with van der Waals surface area (Å²) < 4.78 is 17.1. The number of nitrogens with two attached hydrogens (primary N) is 1. The summed E-state index contributed by atoms with van der Waals surface area (Å²) in [6, 6.07) is 18.7. The maximum absolute atomic E-state index is 11.9. The third-order valence-corrected chi connectivity index (χ3v) is 5.54. The minimum Gasteiger partial charge on any atom is -0.456 e. The molecular formula is C21H23NO6S. The van der Waals surface area contributed by atoms with E-state index in [0.29, 0.717) is 0 Å². The van der Waals surface area contributed by atoms with E-state index in [4.69, 9.17) is 19.9 Å². The van der Waals surface area contributed by atoms with Crippen LogP contribution in [0, 0.1) is 0 Å². The molecule has 0 bridgehead atoms. The quantitative estimate of drug-likeness (QED) is 0.662. The molecule has 8 heteroatoms. The molecule has 29 heavy (non-hydrogen) atoms. The number of rotatable bonds is 7. The van der Waals surface area contributed by atoms with E-state index < -0.39 is 41.7 Å². The summed E-state index contributed by atoms with van der Waals surface area (Å²) in [6.45, 7) is 1.43. The Labute approximate surface area is 173 Å². The van der Waals surface area contributed by atoms with E-state index in [1.807, 2.05) is 60.7 Å². The molecule has 0 spiro atoms. The SMILES string of the molecule is CC(=O)OC1[C@@H](OCc2ccccc2)[C@@H](O)C(C(N)=O)O[C@H]1Sc1ccccc1. The lowest BCUT2D eigenvalue weighted by atomic mass is 9.98. The topological polar surface area (TPSA) is 108 Å². The summed E-state index contributed by atoms with van der Waals surface area (Å²) in [7, 11) is 0. The fraction of sp³-hybridized carbons (Fsp3) is 0.333. The smallest absolute Gasteiger partial charge is 0.303 e. The lowest BCUT2D eigenvalue weighted by Gasteiger charge is -2.42. The van der Waals surface area contributed by atoms with E-state index in [1.54, 1.807) is 0 Å². The summed E-state index contributed by atoms with van der Waals surface area (Å²) in [4.78, 5) is 24.5. The van der Waals surface area contributed by atoms with Crippen LogP contribution < -0.4 is 5.73 Å². The first-order chi connectivity index (χ1) is 14.0. The zero-order chi connectivity index (χ0) is 20.8. The summed E-state index contributed by atoms with van der Waals surface area (Å²) in [5, 5.41) is 10.7. The number of benzene rings is 2. The van der Waals surface area contributed by atoms with Crippen LogP contribution in [0.4, 0.5) is 0 Å². The average Bonchev–Trinajstić information content (AvgIpc) is 2.70. The van der Waals surface area contributed by atoms with Crippen molar-refractivity contribution in [1.29, 1.82) is 0 Å². The van der Waals surface area contributed by atoms with Gasteiger partial charge in [-0.3, -0.25) is 9.59 Å². The molecule has 0 aliphatic carbocycles. The zero-order valence-corrected chi connectivity index (χ0v) is 16.7. The van der Waals surface area contributed by atoms with Crippen LogP contribution in [-0.2, 0) is 30.4 Å². The molecule has 2 aromatic carbocycles. The molecule has 3 N–H and O–H groups in total. The molecule has 7 nitrogen and oxygen atoms in total. The molecule has 1 aliphatic heterocycles. The number of carbonyl (C=O) groups excluding carboxylic acids is 2. The first kappa shape index (κ1) is 21.3. The lowest BCUT2D eigenvalue weighted by molar-refractivity contribution is -0.224. The van der Waals surface area contributed by atoms with Crippen LogP contribution >= 0.6 is 11.8 Å². The second kappa shape index (κ2) is 9.89. The van der Waals surface area contributed by atoms with Crippen molar-refractivity contribution in [2.45, 2.75) is 48.3 Å². The number of hydrogen-bond acceptors (Lipinski definition) is 7. The Kier molecular flexibility index (Phi) is 7.27. The summed E-state index contributed by atoms with van der Waals surface area (Å²) in [5.74, 6) is -1.36. The molecule has 1 heterocycles. The Morgan fingerprint density at radius 1 is 1.07 bits per heavy atom. The van der Waals surface area contributed by atoms with Crippen LogP contribution in [-0.4, -0.2) is 46.8 Å². The van der Waals surface area contributed by atoms with Gasteiger partial charge in [0, 0.05) is 11.8 Å². The molecule has 0 aromatic heterocycles. The molecule has 0 saturated carbocycles. The number of amides is 1. The second-order valence-electron chi connectivity index (χ2n) is 6.58. The molecule has 154 valence electrons. The van der Waals surface area contributed by atoms with E-state index in [-0.39, 0.29) is 6.61 Å². The predicted molar refractivity (Wildman–Crippen MR) is 107 cm³/mol. The van der Waals surface area contributed by atoms with E-state index >= 15 is 0 Å². The Morgan fingerprint density at radius 2 is 1.69 bits per heavy atom. The van der Waals surface area contributed by atoms with Crippen molar-refractivity contribution in [3.05, 3.63) is 66.2 Å². The molecule has 2 unspecified atom stereocenters. The van der Waals surface area contributed by atoms with Crippen LogP contribution in [0.3, 0.4) is 0 Å². The van der Waals surface area contributed by atoms with Gasteiger partial charge < -0.3 is 25.1 Å². The third kappa shape index (κ3) is 5.57. The van der Waals surface area contributed by atoms with Gasteiger partial charge in [0.15, 0.2) is 12.2 Å². The maximum atomic E-state index is 11.9. The van der Waals surface area contributed by atoms with Crippen LogP contribution in [0.15, 0.2) is 65.6 Å².